The molecule has 2 rings (SSSR count). The number of carboxylic acid groups (broad SMARTS) is 1. The molecular weight excluding hydrogens is 372 g/mol. The highest BCUT2D eigenvalue weighted by atomic mass is 79.9. The third-order valence-corrected chi connectivity index (χ3v) is 4.08. The highest BCUT2D eigenvalue weighted by Crippen LogP contribution is 2.35. The lowest BCUT2D eigenvalue weighted by Crippen LogP contribution is -2.00. The predicted octanol–water partition coefficient (Wildman–Crippen LogP) is 3.62. The van der Waals surface area contributed by atoms with Crippen LogP contribution >= 0.6 is 43.2 Å². The molecule has 0 saturated heterocycles. The highest BCUT2D eigenvalue weighted by Gasteiger charge is 2.17. The Kier molecular flexibility index (Phi) is 3.50. The van der Waals surface area contributed by atoms with E-state index in [0.717, 1.165) is 25.8 Å². The summed E-state index contributed by atoms with van der Waals surface area (Å²) < 4.78 is 1.76. The van der Waals surface area contributed by atoms with Crippen molar-refractivity contribution in [2.45, 2.75) is 0 Å². The van der Waals surface area contributed by atoms with Crippen LogP contribution in [0.4, 0.5) is 5.00 Å². The van der Waals surface area contributed by atoms with Crippen LogP contribution < -0.4 is 5.73 Å². The number of hydrogen-bond donors (Lipinski definition) is 2. The number of hydrogen-bond acceptors (Lipinski definition) is 4. The van der Waals surface area contributed by atoms with Gasteiger partial charge in [-0.1, -0.05) is 43.2 Å². The number of benzene rings is 1. The van der Waals surface area contributed by atoms with Crippen LogP contribution in [0, 0.1) is 0 Å². The molecule has 17 heavy (non-hydrogen) atoms. The van der Waals surface area contributed by atoms with Crippen LogP contribution in [-0.2, 0) is 0 Å². The number of carbonyl (C=O) groups is 1. The van der Waals surface area contributed by atoms with E-state index in [-0.39, 0.29) is 10.7 Å². The molecule has 1 aromatic carbocycles. The van der Waals surface area contributed by atoms with Gasteiger partial charge in [0.1, 0.15) is 10.0 Å². The number of carboxylic acids is 1. The Hall–Kier alpha value is -0.920. The number of aromatic nitrogens is 1. The zero-order valence-electron chi connectivity index (χ0n) is 8.28. The van der Waals surface area contributed by atoms with Crippen LogP contribution in [0.3, 0.4) is 0 Å². The van der Waals surface area contributed by atoms with Gasteiger partial charge < -0.3 is 10.8 Å². The Morgan fingerprint density at radius 1 is 1.41 bits per heavy atom. The first kappa shape index (κ1) is 12.5. The van der Waals surface area contributed by atoms with Gasteiger partial charge in [-0.2, -0.15) is 0 Å². The van der Waals surface area contributed by atoms with Crippen molar-refractivity contribution in [3.05, 3.63) is 32.8 Å². The van der Waals surface area contributed by atoms with E-state index in [4.69, 9.17) is 10.8 Å². The lowest BCUT2D eigenvalue weighted by Gasteiger charge is -2.00. The minimum atomic E-state index is -1.11. The van der Waals surface area contributed by atoms with Gasteiger partial charge in [-0.3, -0.25) is 0 Å². The number of anilines is 1. The Morgan fingerprint density at radius 3 is 2.65 bits per heavy atom. The molecule has 3 N–H and O–H groups in total. The van der Waals surface area contributed by atoms with Crippen molar-refractivity contribution in [2.24, 2.45) is 0 Å². The van der Waals surface area contributed by atoms with Gasteiger partial charge in [-0.05, 0) is 18.2 Å². The van der Waals surface area contributed by atoms with Crippen molar-refractivity contribution in [1.29, 1.82) is 0 Å². The summed E-state index contributed by atoms with van der Waals surface area (Å²) in [6.45, 7) is 0. The summed E-state index contributed by atoms with van der Waals surface area (Å²) in [5.74, 6) is -1.11. The van der Waals surface area contributed by atoms with Crippen molar-refractivity contribution < 1.29 is 9.90 Å². The molecule has 0 radical (unpaired) electrons. The molecule has 0 aliphatic carbocycles. The van der Waals surface area contributed by atoms with Crippen molar-refractivity contribution in [1.82, 2.24) is 4.98 Å². The molecule has 0 fully saturated rings. The van der Waals surface area contributed by atoms with Crippen molar-refractivity contribution in [2.75, 3.05) is 5.73 Å². The van der Waals surface area contributed by atoms with Gasteiger partial charge in [-0.25, -0.2) is 9.78 Å². The fourth-order valence-electron chi connectivity index (χ4n) is 1.26. The topological polar surface area (TPSA) is 76.2 Å². The van der Waals surface area contributed by atoms with E-state index >= 15 is 0 Å². The molecule has 1 aromatic heterocycles. The van der Waals surface area contributed by atoms with Gasteiger partial charge in [0.25, 0.3) is 0 Å². The number of thiazole rings is 1. The van der Waals surface area contributed by atoms with Gasteiger partial charge in [0.05, 0.1) is 0 Å². The Bertz CT molecular complexity index is 598. The molecule has 0 amide bonds. The van der Waals surface area contributed by atoms with Gasteiger partial charge in [-0.15, -0.1) is 0 Å². The van der Waals surface area contributed by atoms with Crippen LogP contribution in [0.5, 0.6) is 0 Å². The quantitative estimate of drug-likeness (QED) is 0.837. The van der Waals surface area contributed by atoms with Crippen LogP contribution in [0.1, 0.15) is 10.5 Å². The Morgan fingerprint density at radius 2 is 2.12 bits per heavy atom. The summed E-state index contributed by atoms with van der Waals surface area (Å²) in [6.07, 6.45) is 0. The van der Waals surface area contributed by atoms with Crippen molar-refractivity contribution in [3.8, 4) is 10.6 Å². The second kappa shape index (κ2) is 4.75. The first-order valence-corrected chi connectivity index (χ1v) is 6.84. The maximum atomic E-state index is 10.9. The number of aromatic carboxylic acids is 1. The summed E-state index contributed by atoms with van der Waals surface area (Å²) in [5.41, 5.74) is 6.33. The fraction of sp³-hybridized carbons (Fsp3) is 0. The molecular formula is C10H6Br2N2O2S. The second-order valence-corrected chi connectivity index (χ2v) is 5.96. The molecule has 4 nitrogen and oxygen atoms in total. The first-order chi connectivity index (χ1) is 7.99. The number of nitrogens with two attached hydrogens (primary N) is 1. The van der Waals surface area contributed by atoms with E-state index in [0.29, 0.717) is 5.01 Å². The molecule has 2 aromatic rings. The zero-order valence-corrected chi connectivity index (χ0v) is 12.3. The molecule has 1 heterocycles. The second-order valence-electron chi connectivity index (χ2n) is 3.16. The van der Waals surface area contributed by atoms with Gasteiger partial charge >= 0.3 is 5.97 Å². The van der Waals surface area contributed by atoms with Gasteiger partial charge in [0.2, 0.25) is 0 Å². The molecule has 0 unspecified atom stereocenters. The predicted molar refractivity (Wildman–Crippen MR) is 74.3 cm³/mol. The molecule has 0 bridgehead atoms. The van der Waals surface area contributed by atoms with E-state index in [1.165, 1.54) is 0 Å². The largest absolute Gasteiger partial charge is 0.476 e. The molecule has 0 atom stereocenters. The van der Waals surface area contributed by atoms with Crippen molar-refractivity contribution in [3.63, 3.8) is 0 Å². The van der Waals surface area contributed by atoms with Crippen LogP contribution in [0.2, 0.25) is 0 Å². The third-order valence-electron chi connectivity index (χ3n) is 2.02. The maximum absolute atomic E-state index is 10.9. The lowest BCUT2D eigenvalue weighted by atomic mass is 10.2. The Balaban J connectivity index is 2.53. The number of nitrogens with zero attached hydrogens (tertiary/aromatic N) is 1. The SMILES string of the molecule is Nc1sc(-c2ccc(Br)cc2Br)nc1C(=O)O. The Labute approximate surface area is 118 Å². The van der Waals surface area contributed by atoms with Crippen molar-refractivity contribution >= 4 is 54.2 Å². The molecule has 0 aliphatic heterocycles. The average Bonchev–Trinajstić information content (AvgIpc) is 2.60. The summed E-state index contributed by atoms with van der Waals surface area (Å²) in [7, 11) is 0. The smallest absolute Gasteiger partial charge is 0.357 e. The normalized spacial score (nSPS) is 10.5. The van der Waals surface area contributed by atoms with E-state index in [1.54, 1.807) is 0 Å². The molecule has 7 heteroatoms. The summed E-state index contributed by atoms with van der Waals surface area (Å²) in [6, 6.07) is 5.57. The molecule has 0 saturated carbocycles. The molecule has 0 aliphatic rings. The zero-order chi connectivity index (χ0) is 12.6. The molecule has 88 valence electrons. The monoisotopic (exact) mass is 376 g/mol. The van der Waals surface area contributed by atoms with Crippen LogP contribution in [0.25, 0.3) is 10.6 Å². The molecule has 0 spiro atoms. The fourth-order valence-corrected chi connectivity index (χ4v) is 3.49. The van der Waals surface area contributed by atoms with E-state index < -0.39 is 5.97 Å². The summed E-state index contributed by atoms with van der Waals surface area (Å²) >= 11 is 7.91. The number of rotatable bonds is 2. The average molecular weight is 378 g/mol. The minimum Gasteiger partial charge on any atom is -0.476 e. The first-order valence-electron chi connectivity index (χ1n) is 4.44. The van der Waals surface area contributed by atoms with Gasteiger partial charge in [0, 0.05) is 14.5 Å². The number of halogens is 2. The highest BCUT2D eigenvalue weighted by molar-refractivity contribution is 9.11. The lowest BCUT2D eigenvalue weighted by molar-refractivity contribution is 0.0692. The van der Waals surface area contributed by atoms with Crippen LogP contribution in [-0.4, -0.2) is 16.1 Å². The minimum absolute atomic E-state index is 0.0974. The van der Waals surface area contributed by atoms with E-state index in [9.17, 15) is 4.79 Å². The standard InChI is InChI=1S/C10H6Br2N2O2S/c11-4-1-2-5(6(12)3-4)9-14-7(10(15)16)8(13)17-9/h1-3H,13H2,(H,15,16). The third kappa shape index (κ3) is 2.51. The van der Waals surface area contributed by atoms with Gasteiger partial charge in [0.15, 0.2) is 5.69 Å². The summed E-state index contributed by atoms with van der Waals surface area (Å²) in [5, 5.41) is 9.68. The summed E-state index contributed by atoms with van der Waals surface area (Å²) in [4.78, 5) is 14.9. The van der Waals surface area contributed by atoms with E-state index in [1.807, 2.05) is 18.2 Å². The van der Waals surface area contributed by atoms with Crippen LogP contribution in [0.15, 0.2) is 27.1 Å². The maximum Gasteiger partial charge on any atom is 0.357 e. The van der Waals surface area contributed by atoms with E-state index in [2.05, 4.69) is 36.8 Å². The number of nitrogen functional groups attached to an aromatic ring is 1.